The molecule has 2 aliphatic rings. The van der Waals surface area contributed by atoms with Gasteiger partial charge in [-0.1, -0.05) is 0 Å². The van der Waals surface area contributed by atoms with E-state index in [-0.39, 0.29) is 12.2 Å². The van der Waals surface area contributed by atoms with Gasteiger partial charge in [0.05, 0.1) is 6.61 Å². The van der Waals surface area contributed by atoms with Crippen LogP contribution in [0.15, 0.2) is 15.8 Å². The summed E-state index contributed by atoms with van der Waals surface area (Å²) in [5.41, 5.74) is -1.80. The Balaban J connectivity index is 1.95. The number of ether oxygens (including phenoxy) is 3. The zero-order chi connectivity index (χ0) is 18.5. The molecule has 3 heterocycles. The fourth-order valence-electron chi connectivity index (χ4n) is 3.05. The molecule has 5 atom stereocenters. The van der Waals surface area contributed by atoms with Crippen molar-refractivity contribution in [2.24, 2.45) is 7.05 Å². The van der Waals surface area contributed by atoms with Crippen LogP contribution >= 0.6 is 0 Å². The van der Waals surface area contributed by atoms with Gasteiger partial charge in [0, 0.05) is 13.2 Å². The Kier molecular flexibility index (Phi) is 4.30. The molecule has 2 saturated heterocycles. The summed E-state index contributed by atoms with van der Waals surface area (Å²) in [7, 11) is 1.22. The molecule has 2 fully saturated rings. The van der Waals surface area contributed by atoms with Gasteiger partial charge in [-0.25, -0.2) is 4.79 Å². The van der Waals surface area contributed by atoms with Gasteiger partial charge in [-0.05, 0) is 13.8 Å². The average Bonchev–Trinajstić information content (AvgIpc) is 3.06. The van der Waals surface area contributed by atoms with Crippen LogP contribution in [0.4, 0.5) is 0 Å². The summed E-state index contributed by atoms with van der Waals surface area (Å²) in [5, 5.41) is 29.7. The normalized spacial score (nSPS) is 34.2. The average molecular weight is 353 g/mol. The highest BCUT2D eigenvalue weighted by Crippen LogP contribution is 2.35. The van der Waals surface area contributed by atoms with Crippen molar-refractivity contribution in [1.29, 1.82) is 5.26 Å². The van der Waals surface area contributed by atoms with Gasteiger partial charge in [0.2, 0.25) is 0 Å². The number of aliphatic hydroxyl groups excluding tert-OH is 2. The molecular weight excluding hydrogens is 334 g/mol. The molecule has 0 unspecified atom stereocenters. The maximum atomic E-state index is 12.3. The lowest BCUT2D eigenvalue weighted by molar-refractivity contribution is -0.164. The van der Waals surface area contributed by atoms with Crippen LogP contribution in [0.2, 0.25) is 0 Å². The summed E-state index contributed by atoms with van der Waals surface area (Å²) < 4.78 is 18.4. The van der Waals surface area contributed by atoms with Gasteiger partial charge < -0.3 is 24.4 Å². The van der Waals surface area contributed by atoms with Crippen LogP contribution in [0, 0.1) is 11.3 Å². The second-order valence-corrected chi connectivity index (χ2v) is 6.55. The zero-order valence-electron chi connectivity index (χ0n) is 13.9. The van der Waals surface area contributed by atoms with Crippen molar-refractivity contribution in [2.45, 2.75) is 50.3 Å². The van der Waals surface area contributed by atoms with Gasteiger partial charge in [-0.15, -0.1) is 0 Å². The van der Waals surface area contributed by atoms with Crippen molar-refractivity contribution in [2.75, 3.05) is 6.61 Å². The van der Waals surface area contributed by atoms with Gasteiger partial charge in [-0.3, -0.25) is 13.9 Å². The highest BCUT2D eigenvalue weighted by atomic mass is 16.8. The molecule has 0 radical (unpaired) electrons. The Morgan fingerprint density at radius 3 is 2.56 bits per heavy atom. The minimum absolute atomic E-state index is 0.153. The van der Waals surface area contributed by atoms with Gasteiger partial charge in [0.15, 0.2) is 12.0 Å². The number of hydrogen-bond donors (Lipinski definition) is 2. The second kappa shape index (κ2) is 6.05. The molecular formula is C15H19N3O7. The maximum Gasteiger partial charge on any atom is 0.332 e. The molecule has 0 aliphatic carbocycles. The van der Waals surface area contributed by atoms with Gasteiger partial charge in [0.25, 0.3) is 5.56 Å². The molecule has 0 amide bonds. The lowest BCUT2D eigenvalue weighted by Crippen LogP contribution is -2.43. The summed E-state index contributed by atoms with van der Waals surface area (Å²) in [6, 6.07) is 1.69. The predicted molar refractivity (Wildman–Crippen MR) is 81.5 cm³/mol. The number of nitriles is 1. The molecule has 2 aliphatic heterocycles. The lowest BCUT2D eigenvalue weighted by Gasteiger charge is -2.22. The second-order valence-electron chi connectivity index (χ2n) is 6.55. The third-order valence-electron chi connectivity index (χ3n) is 4.38. The molecule has 136 valence electrons. The number of hydrogen-bond acceptors (Lipinski definition) is 8. The largest absolute Gasteiger partial charge is 0.387 e. The Hall–Kier alpha value is -2.03. The zero-order valence-corrected chi connectivity index (χ0v) is 13.9. The molecule has 10 nitrogen and oxygen atoms in total. The quantitative estimate of drug-likeness (QED) is 0.635. The van der Waals surface area contributed by atoms with Gasteiger partial charge >= 0.3 is 5.69 Å². The third kappa shape index (κ3) is 2.90. The SMILES string of the molecule is Cn1c(=O)c(C#N)cn([C@@H]2O[C@H]([C@H]3COC(C)(C)O3)[C@H](O)[C@H]2O)c1=O. The first-order valence-electron chi connectivity index (χ1n) is 7.72. The Labute approximate surface area is 142 Å². The molecule has 2 N–H and O–H groups in total. The third-order valence-corrected chi connectivity index (χ3v) is 4.38. The number of aromatic nitrogens is 2. The van der Waals surface area contributed by atoms with Gasteiger partial charge in [0.1, 0.15) is 36.0 Å². The first kappa shape index (κ1) is 17.8. The van der Waals surface area contributed by atoms with Gasteiger partial charge in [-0.2, -0.15) is 5.26 Å². The Morgan fingerprint density at radius 2 is 2.00 bits per heavy atom. The minimum Gasteiger partial charge on any atom is -0.387 e. The monoisotopic (exact) mass is 353 g/mol. The van der Waals surface area contributed by atoms with Crippen molar-refractivity contribution in [3.63, 3.8) is 0 Å². The van der Waals surface area contributed by atoms with Crippen LogP contribution in [0.5, 0.6) is 0 Å². The van der Waals surface area contributed by atoms with E-state index >= 15 is 0 Å². The highest BCUT2D eigenvalue weighted by molar-refractivity contribution is 5.22. The van der Waals surface area contributed by atoms with Crippen molar-refractivity contribution >= 4 is 0 Å². The minimum atomic E-state index is -1.45. The molecule has 1 aromatic heterocycles. The van der Waals surface area contributed by atoms with E-state index in [1.165, 1.54) is 7.05 Å². The predicted octanol–water partition coefficient (Wildman–Crippen LogP) is -1.81. The molecule has 0 bridgehead atoms. The summed E-state index contributed by atoms with van der Waals surface area (Å²) in [6.45, 7) is 3.57. The van der Waals surface area contributed by atoms with Crippen LogP contribution in [-0.4, -0.2) is 56.2 Å². The van der Waals surface area contributed by atoms with Crippen molar-refractivity contribution in [3.8, 4) is 6.07 Å². The maximum absolute atomic E-state index is 12.3. The topological polar surface area (TPSA) is 136 Å². The van der Waals surface area contributed by atoms with Crippen LogP contribution in [-0.2, 0) is 21.3 Å². The molecule has 0 saturated carbocycles. The number of nitrogens with zero attached hydrogens (tertiary/aromatic N) is 3. The summed E-state index contributed by atoms with van der Waals surface area (Å²) in [6.07, 6.45) is -4.59. The van der Waals surface area contributed by atoms with Crippen LogP contribution in [0.1, 0.15) is 25.6 Å². The van der Waals surface area contributed by atoms with Crippen molar-refractivity contribution < 1.29 is 24.4 Å². The van der Waals surface area contributed by atoms with Crippen LogP contribution < -0.4 is 11.2 Å². The highest BCUT2D eigenvalue weighted by Gasteiger charge is 2.51. The van der Waals surface area contributed by atoms with E-state index in [4.69, 9.17) is 19.5 Å². The fraction of sp³-hybridized carbons (Fsp3) is 0.667. The lowest BCUT2D eigenvalue weighted by atomic mass is 10.1. The molecule has 3 rings (SSSR count). The first-order chi connectivity index (χ1) is 11.7. The molecule has 0 aromatic carbocycles. The Morgan fingerprint density at radius 1 is 1.32 bits per heavy atom. The molecule has 25 heavy (non-hydrogen) atoms. The fourth-order valence-corrected chi connectivity index (χ4v) is 3.05. The van der Waals surface area contributed by atoms with E-state index in [0.29, 0.717) is 0 Å². The summed E-state index contributed by atoms with van der Waals surface area (Å²) >= 11 is 0. The van der Waals surface area contributed by atoms with E-state index < -0.39 is 47.7 Å². The van der Waals surface area contributed by atoms with E-state index in [2.05, 4.69) is 0 Å². The van der Waals surface area contributed by atoms with E-state index in [1.807, 2.05) is 0 Å². The Bertz CT molecular complexity index is 837. The molecule has 10 heteroatoms. The number of aliphatic hydroxyl groups is 2. The van der Waals surface area contributed by atoms with Crippen LogP contribution in [0.3, 0.4) is 0 Å². The van der Waals surface area contributed by atoms with Crippen LogP contribution in [0.25, 0.3) is 0 Å². The molecule has 1 aromatic rings. The molecule has 0 spiro atoms. The van der Waals surface area contributed by atoms with E-state index in [1.54, 1.807) is 19.9 Å². The summed E-state index contributed by atoms with van der Waals surface area (Å²) in [4.78, 5) is 24.1. The standard InChI is InChI=1S/C15H19N3O7/c1-15(2)23-6-8(25-15)11-9(19)10(20)13(24-11)18-5-7(4-16)12(21)17(3)14(18)22/h5,8-11,13,19-20H,6H2,1-3H3/t8-,9-,10-,11-,13-/m1/s1. The van der Waals surface area contributed by atoms with Crippen molar-refractivity contribution in [1.82, 2.24) is 9.13 Å². The van der Waals surface area contributed by atoms with E-state index in [9.17, 15) is 19.8 Å². The smallest absolute Gasteiger partial charge is 0.332 e. The number of rotatable bonds is 2. The summed E-state index contributed by atoms with van der Waals surface area (Å²) in [5.74, 6) is -0.849. The van der Waals surface area contributed by atoms with E-state index in [0.717, 1.165) is 15.3 Å². The van der Waals surface area contributed by atoms with Crippen molar-refractivity contribution in [3.05, 3.63) is 32.6 Å². The first-order valence-corrected chi connectivity index (χ1v) is 7.72.